The minimum Gasteiger partial charge on any atom is -0.496 e. The van der Waals surface area contributed by atoms with Crippen molar-refractivity contribution in [3.63, 3.8) is 0 Å². The zero-order valence-corrected chi connectivity index (χ0v) is 16.8. The van der Waals surface area contributed by atoms with Crippen molar-refractivity contribution in [2.45, 2.75) is 39.2 Å². The van der Waals surface area contributed by atoms with Crippen LogP contribution < -0.4 is 10.1 Å². The van der Waals surface area contributed by atoms with Crippen LogP contribution in [0.5, 0.6) is 5.75 Å². The van der Waals surface area contributed by atoms with Gasteiger partial charge in [-0.05, 0) is 70.5 Å². The van der Waals surface area contributed by atoms with E-state index in [-0.39, 0.29) is 5.91 Å². The summed E-state index contributed by atoms with van der Waals surface area (Å²) in [6.45, 7) is 5.78. The quantitative estimate of drug-likeness (QED) is 0.840. The lowest BCUT2D eigenvalue weighted by Crippen LogP contribution is -2.31. The molecule has 26 heavy (non-hydrogen) atoms. The highest BCUT2D eigenvalue weighted by Crippen LogP contribution is 2.31. The Morgan fingerprint density at radius 1 is 1.42 bits per heavy atom. The summed E-state index contributed by atoms with van der Waals surface area (Å²) < 4.78 is 5.31. The highest BCUT2D eigenvalue weighted by molar-refractivity contribution is 7.17. The van der Waals surface area contributed by atoms with Crippen LogP contribution >= 0.6 is 11.3 Å². The van der Waals surface area contributed by atoms with Gasteiger partial charge in [-0.25, -0.2) is 4.98 Å². The van der Waals surface area contributed by atoms with Gasteiger partial charge in [0.1, 0.15) is 15.6 Å². The van der Waals surface area contributed by atoms with Crippen LogP contribution in [0.3, 0.4) is 0 Å². The van der Waals surface area contributed by atoms with E-state index in [2.05, 4.69) is 28.3 Å². The number of aromatic nitrogens is 1. The summed E-state index contributed by atoms with van der Waals surface area (Å²) in [4.78, 5) is 20.2. The van der Waals surface area contributed by atoms with Crippen LogP contribution in [0.25, 0.3) is 10.6 Å². The van der Waals surface area contributed by atoms with Gasteiger partial charge in [0.25, 0.3) is 5.91 Å². The van der Waals surface area contributed by atoms with E-state index in [0.29, 0.717) is 17.5 Å². The van der Waals surface area contributed by atoms with Crippen LogP contribution in [0.4, 0.5) is 0 Å². The number of methoxy groups -OCH3 is 1. The van der Waals surface area contributed by atoms with Gasteiger partial charge in [-0.15, -0.1) is 11.3 Å². The molecule has 140 valence electrons. The molecule has 2 aromatic rings. The summed E-state index contributed by atoms with van der Waals surface area (Å²) in [5.41, 5.74) is 2.86. The van der Waals surface area contributed by atoms with Gasteiger partial charge in [-0.2, -0.15) is 0 Å². The Morgan fingerprint density at radius 2 is 2.23 bits per heavy atom. The molecule has 0 saturated carbocycles. The fourth-order valence-corrected chi connectivity index (χ4v) is 4.50. The Hall–Kier alpha value is -1.92. The standard InChI is InChI=1S/C20H27N3O2S/c1-13-12-15(7-8-17(13)25-4)20-22-14(2)18(26-20)19(24)21-10-9-16-6-5-11-23(16)3/h7-8,12,16H,5-6,9-11H2,1-4H3,(H,21,24). The van der Waals surface area contributed by atoms with Crippen molar-refractivity contribution in [3.8, 4) is 16.3 Å². The predicted octanol–water partition coefficient (Wildman–Crippen LogP) is 3.65. The van der Waals surface area contributed by atoms with Gasteiger partial charge in [-0.3, -0.25) is 4.79 Å². The number of thiazole rings is 1. The minimum atomic E-state index is -0.0165. The van der Waals surface area contributed by atoms with Crippen LogP contribution in [0.1, 0.15) is 40.2 Å². The summed E-state index contributed by atoms with van der Waals surface area (Å²) in [5.74, 6) is 0.842. The molecular weight excluding hydrogens is 346 g/mol. The molecule has 2 heterocycles. The highest BCUT2D eigenvalue weighted by atomic mass is 32.1. The highest BCUT2D eigenvalue weighted by Gasteiger charge is 2.21. The summed E-state index contributed by atoms with van der Waals surface area (Å²) in [6, 6.07) is 6.58. The van der Waals surface area contributed by atoms with Crippen molar-refractivity contribution in [3.05, 3.63) is 34.3 Å². The molecule has 1 saturated heterocycles. The van der Waals surface area contributed by atoms with Gasteiger partial charge in [0, 0.05) is 18.2 Å². The molecular formula is C20H27N3O2S. The lowest BCUT2D eigenvalue weighted by atomic mass is 10.1. The molecule has 1 amide bonds. The number of hydrogen-bond donors (Lipinski definition) is 1. The largest absolute Gasteiger partial charge is 0.496 e. The van der Waals surface area contributed by atoms with Gasteiger partial charge >= 0.3 is 0 Å². The van der Waals surface area contributed by atoms with E-state index in [9.17, 15) is 4.79 Å². The van der Waals surface area contributed by atoms with Crippen LogP contribution in [0, 0.1) is 13.8 Å². The second kappa shape index (κ2) is 8.18. The third-order valence-corrected chi connectivity index (χ3v) is 6.28. The molecule has 1 aliphatic heterocycles. The van der Waals surface area contributed by atoms with Crippen LogP contribution in [-0.4, -0.2) is 49.1 Å². The first-order chi connectivity index (χ1) is 12.5. The Labute approximate surface area is 159 Å². The van der Waals surface area contributed by atoms with Crippen LogP contribution in [0.15, 0.2) is 18.2 Å². The second-order valence-electron chi connectivity index (χ2n) is 6.94. The number of rotatable bonds is 6. The molecule has 1 aromatic heterocycles. The van der Waals surface area contributed by atoms with E-state index in [1.807, 2.05) is 26.0 Å². The second-order valence-corrected chi connectivity index (χ2v) is 7.94. The number of carbonyl (C=O) groups excluding carboxylic acids is 1. The molecule has 1 atom stereocenters. The molecule has 1 fully saturated rings. The number of amides is 1. The van der Waals surface area contributed by atoms with Crippen LogP contribution in [-0.2, 0) is 0 Å². The fourth-order valence-electron chi connectivity index (χ4n) is 3.52. The van der Waals surface area contributed by atoms with E-state index >= 15 is 0 Å². The monoisotopic (exact) mass is 373 g/mol. The molecule has 1 aliphatic rings. The van der Waals surface area contributed by atoms with E-state index in [0.717, 1.165) is 40.5 Å². The average molecular weight is 374 g/mol. The molecule has 0 bridgehead atoms. The number of ether oxygens (including phenoxy) is 1. The molecule has 3 rings (SSSR count). The van der Waals surface area contributed by atoms with Crippen molar-refractivity contribution in [1.82, 2.24) is 15.2 Å². The number of likely N-dealkylation sites (tertiary alicyclic amines) is 1. The first-order valence-corrected chi connectivity index (χ1v) is 9.92. The number of hydrogen-bond acceptors (Lipinski definition) is 5. The molecule has 0 radical (unpaired) electrons. The number of carbonyl (C=O) groups is 1. The van der Waals surface area contributed by atoms with E-state index in [1.165, 1.54) is 24.2 Å². The SMILES string of the molecule is COc1ccc(-c2nc(C)c(C(=O)NCCC3CCCN3C)s2)cc1C. The molecule has 1 aromatic carbocycles. The molecule has 6 heteroatoms. The van der Waals surface area contributed by atoms with E-state index < -0.39 is 0 Å². The van der Waals surface area contributed by atoms with Gasteiger partial charge < -0.3 is 15.0 Å². The summed E-state index contributed by atoms with van der Waals surface area (Å²) in [6.07, 6.45) is 3.49. The Balaban J connectivity index is 1.65. The number of benzene rings is 1. The topological polar surface area (TPSA) is 54.5 Å². The van der Waals surface area contributed by atoms with E-state index in [4.69, 9.17) is 4.74 Å². The molecule has 0 aliphatic carbocycles. The van der Waals surface area contributed by atoms with Crippen molar-refractivity contribution in [2.24, 2.45) is 0 Å². The summed E-state index contributed by atoms with van der Waals surface area (Å²) in [5, 5.41) is 3.94. The van der Waals surface area contributed by atoms with E-state index in [1.54, 1.807) is 7.11 Å². The summed E-state index contributed by atoms with van der Waals surface area (Å²) >= 11 is 1.45. The maximum Gasteiger partial charge on any atom is 0.263 e. The zero-order valence-electron chi connectivity index (χ0n) is 16.0. The smallest absolute Gasteiger partial charge is 0.263 e. The normalized spacial score (nSPS) is 17.5. The minimum absolute atomic E-state index is 0.0165. The van der Waals surface area contributed by atoms with Crippen molar-refractivity contribution in [1.29, 1.82) is 0 Å². The molecule has 1 N–H and O–H groups in total. The number of aryl methyl sites for hydroxylation is 2. The van der Waals surface area contributed by atoms with Crippen molar-refractivity contribution >= 4 is 17.2 Å². The Kier molecular flexibility index (Phi) is 5.94. The molecule has 1 unspecified atom stereocenters. The van der Waals surface area contributed by atoms with Crippen LogP contribution in [0.2, 0.25) is 0 Å². The number of nitrogens with one attached hydrogen (secondary N) is 1. The van der Waals surface area contributed by atoms with Gasteiger partial charge in [0.05, 0.1) is 12.8 Å². The summed E-state index contributed by atoms with van der Waals surface area (Å²) in [7, 11) is 3.83. The van der Waals surface area contributed by atoms with Gasteiger partial charge in [0.2, 0.25) is 0 Å². The van der Waals surface area contributed by atoms with Gasteiger partial charge in [-0.1, -0.05) is 0 Å². The maximum absolute atomic E-state index is 12.6. The lowest BCUT2D eigenvalue weighted by Gasteiger charge is -2.19. The first kappa shape index (κ1) is 18.9. The lowest BCUT2D eigenvalue weighted by molar-refractivity contribution is 0.0953. The Morgan fingerprint density at radius 3 is 2.88 bits per heavy atom. The number of nitrogens with zero attached hydrogens (tertiary/aromatic N) is 2. The Bertz CT molecular complexity index is 787. The third kappa shape index (κ3) is 4.07. The van der Waals surface area contributed by atoms with Crippen molar-refractivity contribution in [2.75, 3.05) is 27.2 Å². The van der Waals surface area contributed by atoms with Gasteiger partial charge in [0.15, 0.2) is 0 Å². The zero-order chi connectivity index (χ0) is 18.7. The first-order valence-electron chi connectivity index (χ1n) is 9.10. The maximum atomic E-state index is 12.6. The third-order valence-electron chi connectivity index (χ3n) is 5.08. The molecule has 0 spiro atoms. The fraction of sp³-hybridized carbons (Fsp3) is 0.500. The predicted molar refractivity (Wildman–Crippen MR) is 106 cm³/mol. The average Bonchev–Trinajstić information content (AvgIpc) is 3.20. The molecule has 5 nitrogen and oxygen atoms in total. The van der Waals surface area contributed by atoms with Crippen molar-refractivity contribution < 1.29 is 9.53 Å².